The number of sulfone groups is 1. The minimum atomic E-state index is -3.85. The summed E-state index contributed by atoms with van der Waals surface area (Å²) in [5.41, 5.74) is 1.22. The summed E-state index contributed by atoms with van der Waals surface area (Å²) in [6, 6.07) is 12.8. The lowest BCUT2D eigenvalue weighted by Gasteiger charge is -2.32. The van der Waals surface area contributed by atoms with E-state index in [1.807, 2.05) is 6.07 Å². The van der Waals surface area contributed by atoms with Crippen molar-refractivity contribution >= 4 is 15.7 Å². The predicted molar refractivity (Wildman–Crippen MR) is 93.3 cm³/mol. The molecule has 0 aromatic heterocycles. The molecule has 1 aliphatic rings. The van der Waals surface area contributed by atoms with Gasteiger partial charge in [0.15, 0.2) is 9.84 Å². The number of fused-ring (bicyclic) bond motifs is 1. The van der Waals surface area contributed by atoms with Gasteiger partial charge in [0.1, 0.15) is 11.2 Å². The van der Waals surface area contributed by atoms with Crippen molar-refractivity contribution in [3.8, 4) is 0 Å². The number of carbonyl (C=O) groups is 1. The Morgan fingerprint density at radius 2 is 1.88 bits per heavy atom. The highest BCUT2D eigenvalue weighted by Gasteiger charge is 2.39. The van der Waals surface area contributed by atoms with Gasteiger partial charge in [-0.3, -0.25) is 4.79 Å². The second kappa shape index (κ2) is 6.96. The van der Waals surface area contributed by atoms with Crippen LogP contribution in [0.25, 0.3) is 0 Å². The topological polar surface area (TPSA) is 63.2 Å². The van der Waals surface area contributed by atoms with Crippen molar-refractivity contribution in [2.75, 3.05) is 0 Å². The Labute approximate surface area is 147 Å². The van der Waals surface area contributed by atoms with Crippen molar-refractivity contribution < 1.29 is 17.6 Å². The summed E-state index contributed by atoms with van der Waals surface area (Å²) < 4.78 is 40.8. The van der Waals surface area contributed by atoms with Gasteiger partial charge in [0.25, 0.3) is 0 Å². The van der Waals surface area contributed by atoms with Gasteiger partial charge in [-0.1, -0.05) is 30.3 Å². The van der Waals surface area contributed by atoms with Gasteiger partial charge >= 0.3 is 0 Å². The molecule has 2 aromatic rings. The predicted octanol–water partition coefficient (Wildman–Crippen LogP) is 3.18. The number of carbonyl (C=O) groups excluding carboxylic acids is 1. The molecule has 0 heterocycles. The number of halogens is 1. The van der Waals surface area contributed by atoms with Crippen molar-refractivity contribution in [2.24, 2.45) is 0 Å². The third-order valence-electron chi connectivity index (χ3n) is 4.59. The molecular formula is C19H20FNO3S. The first-order valence-corrected chi connectivity index (χ1v) is 9.79. The van der Waals surface area contributed by atoms with E-state index in [1.54, 1.807) is 24.3 Å². The fraction of sp³-hybridized carbons (Fsp3) is 0.316. The maximum atomic E-state index is 14.5. The number of rotatable bonds is 4. The minimum absolute atomic E-state index is 0.122. The standard InChI is InChI=1S/C19H20FNO3S/c1-13(22)21-19(25(23,24)15-9-3-2-4-10-15)16-11-5-7-14-8-6-12-17(20)18(14)16/h2-4,6,8-10,12,16,19H,5,7,11H2,1H3,(H,21,22)/t16?,19-/m1/s1. The summed E-state index contributed by atoms with van der Waals surface area (Å²) in [6.45, 7) is 1.28. The van der Waals surface area contributed by atoms with Crippen molar-refractivity contribution in [1.29, 1.82) is 0 Å². The first-order chi connectivity index (χ1) is 11.9. The van der Waals surface area contributed by atoms with Crippen LogP contribution in [-0.2, 0) is 21.1 Å². The molecule has 0 radical (unpaired) electrons. The molecule has 4 nitrogen and oxygen atoms in total. The van der Waals surface area contributed by atoms with Gasteiger partial charge < -0.3 is 5.32 Å². The second-order valence-electron chi connectivity index (χ2n) is 6.29. The van der Waals surface area contributed by atoms with Gasteiger partial charge in [0, 0.05) is 12.8 Å². The molecule has 6 heteroatoms. The lowest BCUT2D eigenvalue weighted by Crippen LogP contribution is -2.45. The van der Waals surface area contributed by atoms with E-state index < -0.39 is 32.9 Å². The molecule has 1 amide bonds. The van der Waals surface area contributed by atoms with E-state index in [2.05, 4.69) is 5.32 Å². The largest absolute Gasteiger partial charge is 0.339 e. The highest BCUT2D eigenvalue weighted by molar-refractivity contribution is 7.92. The Morgan fingerprint density at radius 3 is 2.56 bits per heavy atom. The van der Waals surface area contributed by atoms with Crippen molar-refractivity contribution in [3.05, 3.63) is 65.5 Å². The van der Waals surface area contributed by atoms with Crippen LogP contribution in [-0.4, -0.2) is 19.7 Å². The zero-order chi connectivity index (χ0) is 18.0. The summed E-state index contributed by atoms with van der Waals surface area (Å²) >= 11 is 0. The monoisotopic (exact) mass is 361 g/mol. The van der Waals surface area contributed by atoms with Crippen molar-refractivity contribution in [1.82, 2.24) is 5.32 Å². The second-order valence-corrected chi connectivity index (χ2v) is 8.36. The molecular weight excluding hydrogens is 341 g/mol. The average Bonchev–Trinajstić information content (AvgIpc) is 2.60. The third-order valence-corrected chi connectivity index (χ3v) is 6.64. The Balaban J connectivity index is 2.12. The summed E-state index contributed by atoms with van der Waals surface area (Å²) in [4.78, 5) is 11.8. The Kier molecular flexibility index (Phi) is 4.90. The molecule has 0 bridgehead atoms. The van der Waals surface area contributed by atoms with Crippen LogP contribution in [0.5, 0.6) is 0 Å². The van der Waals surface area contributed by atoms with Gasteiger partial charge in [-0.25, -0.2) is 12.8 Å². The Morgan fingerprint density at radius 1 is 1.16 bits per heavy atom. The molecule has 0 aliphatic heterocycles. The zero-order valence-electron chi connectivity index (χ0n) is 13.9. The summed E-state index contributed by atoms with van der Waals surface area (Å²) in [7, 11) is -3.85. The van der Waals surface area contributed by atoms with Gasteiger partial charge in [0.05, 0.1) is 4.90 Å². The fourth-order valence-electron chi connectivity index (χ4n) is 3.53. The first kappa shape index (κ1) is 17.6. The minimum Gasteiger partial charge on any atom is -0.339 e. The molecule has 0 spiro atoms. The molecule has 2 aromatic carbocycles. The quantitative estimate of drug-likeness (QED) is 0.910. The Bertz CT molecular complexity index is 881. The number of hydrogen-bond donors (Lipinski definition) is 1. The molecule has 25 heavy (non-hydrogen) atoms. The molecule has 0 fully saturated rings. The summed E-state index contributed by atoms with van der Waals surface area (Å²) in [5.74, 6) is -1.48. The van der Waals surface area contributed by atoms with E-state index in [0.717, 1.165) is 12.0 Å². The smallest absolute Gasteiger partial charge is 0.217 e. The zero-order valence-corrected chi connectivity index (χ0v) is 14.7. The fourth-order valence-corrected chi connectivity index (χ4v) is 5.38. The number of hydrogen-bond acceptors (Lipinski definition) is 3. The number of benzene rings is 2. The molecule has 0 saturated heterocycles. The molecule has 132 valence electrons. The van der Waals surface area contributed by atoms with E-state index in [9.17, 15) is 17.6 Å². The maximum Gasteiger partial charge on any atom is 0.217 e. The van der Waals surface area contributed by atoms with Gasteiger partial charge in [0.2, 0.25) is 5.91 Å². The van der Waals surface area contributed by atoms with Crippen LogP contribution in [0.4, 0.5) is 4.39 Å². The summed E-state index contributed by atoms with van der Waals surface area (Å²) in [6.07, 6.45) is 1.97. The molecule has 1 unspecified atom stereocenters. The molecule has 1 aliphatic carbocycles. The highest BCUT2D eigenvalue weighted by Crippen LogP contribution is 2.38. The molecule has 3 rings (SSSR count). The van der Waals surface area contributed by atoms with E-state index in [-0.39, 0.29) is 4.90 Å². The first-order valence-electron chi connectivity index (χ1n) is 8.24. The van der Waals surface area contributed by atoms with Crippen LogP contribution in [0.15, 0.2) is 53.4 Å². The summed E-state index contributed by atoms with van der Waals surface area (Å²) in [5, 5.41) is 1.37. The normalized spacial score (nSPS) is 18.2. The Hall–Kier alpha value is -2.21. The van der Waals surface area contributed by atoms with Crippen LogP contribution in [0, 0.1) is 5.82 Å². The third kappa shape index (κ3) is 3.44. The lowest BCUT2D eigenvalue weighted by molar-refractivity contribution is -0.119. The van der Waals surface area contributed by atoms with E-state index in [1.165, 1.54) is 25.1 Å². The van der Waals surface area contributed by atoms with Gasteiger partial charge in [-0.15, -0.1) is 0 Å². The van der Waals surface area contributed by atoms with Crippen LogP contribution in [0.1, 0.15) is 36.8 Å². The average molecular weight is 361 g/mol. The SMILES string of the molecule is CC(=O)N[C@@H](C1CCCc2cccc(F)c21)S(=O)(=O)c1ccccc1. The lowest BCUT2D eigenvalue weighted by atomic mass is 9.82. The van der Waals surface area contributed by atoms with Crippen LogP contribution in [0.3, 0.4) is 0 Å². The number of nitrogens with one attached hydrogen (secondary N) is 1. The number of amides is 1. The van der Waals surface area contributed by atoms with Gasteiger partial charge in [-0.2, -0.15) is 0 Å². The van der Waals surface area contributed by atoms with Gasteiger partial charge in [-0.05, 0) is 48.6 Å². The molecule has 0 saturated carbocycles. The van der Waals surface area contributed by atoms with E-state index >= 15 is 0 Å². The van der Waals surface area contributed by atoms with Crippen molar-refractivity contribution in [2.45, 2.75) is 42.4 Å². The maximum absolute atomic E-state index is 14.5. The molecule has 1 N–H and O–H groups in total. The highest BCUT2D eigenvalue weighted by atomic mass is 32.2. The van der Waals surface area contributed by atoms with Crippen molar-refractivity contribution in [3.63, 3.8) is 0 Å². The molecule has 2 atom stereocenters. The van der Waals surface area contributed by atoms with Crippen LogP contribution < -0.4 is 5.32 Å². The van der Waals surface area contributed by atoms with Crippen LogP contribution in [0.2, 0.25) is 0 Å². The van der Waals surface area contributed by atoms with E-state index in [0.29, 0.717) is 18.4 Å². The van der Waals surface area contributed by atoms with Crippen LogP contribution >= 0.6 is 0 Å². The van der Waals surface area contributed by atoms with E-state index in [4.69, 9.17) is 0 Å². The number of aryl methyl sites for hydroxylation is 1.